The predicted molar refractivity (Wildman–Crippen MR) is 90.6 cm³/mol. The third kappa shape index (κ3) is 4.47. The first-order valence-electron chi connectivity index (χ1n) is 8.38. The van der Waals surface area contributed by atoms with Gasteiger partial charge in [0.2, 0.25) is 11.8 Å². The summed E-state index contributed by atoms with van der Waals surface area (Å²) in [6.07, 6.45) is 2.12. The van der Waals surface area contributed by atoms with Crippen LogP contribution in [0, 0.1) is 5.92 Å². The van der Waals surface area contributed by atoms with E-state index in [1.165, 1.54) is 0 Å². The zero-order chi connectivity index (χ0) is 16.8. The van der Waals surface area contributed by atoms with Crippen molar-refractivity contribution >= 4 is 17.5 Å². The van der Waals surface area contributed by atoms with Crippen LogP contribution in [-0.2, 0) is 9.59 Å². The van der Waals surface area contributed by atoms with E-state index in [1.54, 1.807) is 4.90 Å². The molecular formula is C18H26N2O3. The van der Waals surface area contributed by atoms with Crippen LogP contribution < -0.4 is 15.0 Å². The molecule has 0 unspecified atom stereocenters. The number of carbonyl (C=O) groups is 2. The Bertz CT molecular complexity index is 542. The fourth-order valence-corrected chi connectivity index (χ4v) is 2.54. The molecule has 1 heterocycles. The molecule has 5 nitrogen and oxygen atoms in total. The van der Waals surface area contributed by atoms with E-state index in [2.05, 4.69) is 12.2 Å². The second kappa shape index (κ2) is 7.99. The van der Waals surface area contributed by atoms with Gasteiger partial charge in [-0.15, -0.1) is 0 Å². The number of ether oxygens (including phenoxy) is 1. The number of rotatable bonds is 7. The van der Waals surface area contributed by atoms with E-state index in [1.807, 2.05) is 38.1 Å². The molecule has 0 spiro atoms. The summed E-state index contributed by atoms with van der Waals surface area (Å²) in [6.45, 7) is 7.18. The molecule has 2 atom stereocenters. The number of hydrogen-bond donors (Lipinski definition) is 1. The van der Waals surface area contributed by atoms with Crippen molar-refractivity contribution in [2.75, 3.05) is 18.1 Å². The Balaban J connectivity index is 1.98. The van der Waals surface area contributed by atoms with Crippen LogP contribution in [0.2, 0.25) is 0 Å². The van der Waals surface area contributed by atoms with Crippen LogP contribution in [0.15, 0.2) is 24.3 Å². The average Bonchev–Trinajstić information content (AvgIpc) is 2.95. The van der Waals surface area contributed by atoms with Gasteiger partial charge in [0.05, 0.1) is 12.5 Å². The second-order valence-electron chi connectivity index (χ2n) is 6.07. The smallest absolute Gasteiger partial charge is 0.227 e. The normalized spacial score (nSPS) is 18.8. The number of amides is 2. The highest BCUT2D eigenvalue weighted by Gasteiger charge is 2.35. The van der Waals surface area contributed by atoms with Gasteiger partial charge in [0.15, 0.2) is 0 Å². The second-order valence-corrected chi connectivity index (χ2v) is 6.07. The van der Waals surface area contributed by atoms with E-state index in [0.717, 1.165) is 24.3 Å². The molecule has 1 saturated heterocycles. The molecule has 5 heteroatoms. The monoisotopic (exact) mass is 318 g/mol. The van der Waals surface area contributed by atoms with Crippen molar-refractivity contribution in [3.05, 3.63) is 24.3 Å². The maximum Gasteiger partial charge on any atom is 0.227 e. The maximum absolute atomic E-state index is 12.2. The third-order valence-electron chi connectivity index (χ3n) is 4.12. The van der Waals surface area contributed by atoms with Crippen LogP contribution in [-0.4, -0.2) is 31.0 Å². The lowest BCUT2D eigenvalue weighted by atomic mass is 10.1. The van der Waals surface area contributed by atoms with Gasteiger partial charge < -0.3 is 15.0 Å². The van der Waals surface area contributed by atoms with Crippen molar-refractivity contribution in [1.82, 2.24) is 5.32 Å². The SMILES string of the molecule is CCCOc1ccc(N2C[C@H](C(=O)N[C@@H](C)CC)CC2=O)cc1. The first kappa shape index (κ1) is 17.3. The van der Waals surface area contributed by atoms with Crippen LogP contribution >= 0.6 is 0 Å². The standard InChI is InChI=1S/C18H26N2O3/c1-4-10-23-16-8-6-15(7-9-16)20-12-14(11-17(20)21)18(22)19-13(3)5-2/h6-9,13-14H,4-5,10-12H2,1-3H3,(H,19,22)/t13-,14+/m0/s1. The maximum atomic E-state index is 12.2. The van der Waals surface area contributed by atoms with Gasteiger partial charge in [-0.1, -0.05) is 13.8 Å². The molecule has 23 heavy (non-hydrogen) atoms. The molecule has 2 rings (SSSR count). The molecule has 0 radical (unpaired) electrons. The number of benzene rings is 1. The molecule has 1 aromatic carbocycles. The Kier molecular flexibility index (Phi) is 6.02. The van der Waals surface area contributed by atoms with Gasteiger partial charge in [-0.2, -0.15) is 0 Å². The fourth-order valence-electron chi connectivity index (χ4n) is 2.54. The highest BCUT2D eigenvalue weighted by molar-refractivity contribution is 6.00. The zero-order valence-corrected chi connectivity index (χ0v) is 14.2. The van der Waals surface area contributed by atoms with Gasteiger partial charge in [0, 0.05) is 24.7 Å². The first-order chi connectivity index (χ1) is 11.0. The summed E-state index contributed by atoms with van der Waals surface area (Å²) in [5.74, 6) is 0.496. The molecule has 1 aliphatic rings. The Hall–Kier alpha value is -2.04. The highest BCUT2D eigenvalue weighted by Crippen LogP contribution is 2.27. The predicted octanol–water partition coefficient (Wildman–Crippen LogP) is 2.74. The lowest BCUT2D eigenvalue weighted by Crippen LogP contribution is -2.38. The molecule has 0 aromatic heterocycles. The molecule has 126 valence electrons. The molecule has 1 fully saturated rings. The number of carbonyl (C=O) groups excluding carboxylic acids is 2. The lowest BCUT2D eigenvalue weighted by Gasteiger charge is -2.18. The Labute approximate surface area is 138 Å². The number of hydrogen-bond acceptors (Lipinski definition) is 3. The molecule has 1 aliphatic heterocycles. The Morgan fingerprint density at radius 3 is 2.65 bits per heavy atom. The van der Waals surface area contributed by atoms with Gasteiger partial charge in [0.1, 0.15) is 5.75 Å². The Morgan fingerprint density at radius 2 is 2.04 bits per heavy atom. The minimum absolute atomic E-state index is 0.00321. The molecule has 0 aliphatic carbocycles. The lowest BCUT2D eigenvalue weighted by molar-refractivity contribution is -0.126. The van der Waals surface area contributed by atoms with Gasteiger partial charge in [-0.3, -0.25) is 9.59 Å². The summed E-state index contributed by atoms with van der Waals surface area (Å²) in [5.41, 5.74) is 0.817. The van der Waals surface area contributed by atoms with Crippen molar-refractivity contribution < 1.29 is 14.3 Å². The minimum Gasteiger partial charge on any atom is -0.494 e. The van der Waals surface area contributed by atoms with E-state index in [9.17, 15) is 9.59 Å². The molecule has 0 bridgehead atoms. The molecular weight excluding hydrogens is 292 g/mol. The van der Waals surface area contributed by atoms with Gasteiger partial charge in [0.25, 0.3) is 0 Å². The van der Waals surface area contributed by atoms with E-state index in [-0.39, 0.29) is 30.2 Å². The summed E-state index contributed by atoms with van der Waals surface area (Å²) in [4.78, 5) is 26.1. The minimum atomic E-state index is -0.271. The van der Waals surface area contributed by atoms with E-state index in [4.69, 9.17) is 4.74 Å². The molecule has 2 amide bonds. The summed E-state index contributed by atoms with van der Waals surface area (Å²) in [5, 5.41) is 2.96. The summed E-state index contributed by atoms with van der Waals surface area (Å²) in [6, 6.07) is 7.62. The fraction of sp³-hybridized carbons (Fsp3) is 0.556. The van der Waals surface area contributed by atoms with E-state index in [0.29, 0.717) is 13.2 Å². The van der Waals surface area contributed by atoms with Crippen LogP contribution in [0.4, 0.5) is 5.69 Å². The quantitative estimate of drug-likeness (QED) is 0.841. The largest absolute Gasteiger partial charge is 0.494 e. The van der Waals surface area contributed by atoms with Gasteiger partial charge >= 0.3 is 0 Å². The van der Waals surface area contributed by atoms with Crippen LogP contribution in [0.5, 0.6) is 5.75 Å². The topological polar surface area (TPSA) is 58.6 Å². The summed E-state index contributed by atoms with van der Waals surface area (Å²) < 4.78 is 5.55. The Morgan fingerprint density at radius 1 is 1.35 bits per heavy atom. The van der Waals surface area contributed by atoms with Crippen molar-refractivity contribution in [2.45, 2.75) is 46.1 Å². The highest BCUT2D eigenvalue weighted by atomic mass is 16.5. The summed E-state index contributed by atoms with van der Waals surface area (Å²) in [7, 11) is 0. The molecule has 1 N–H and O–H groups in total. The summed E-state index contributed by atoms with van der Waals surface area (Å²) >= 11 is 0. The van der Waals surface area contributed by atoms with E-state index >= 15 is 0 Å². The van der Waals surface area contributed by atoms with Gasteiger partial charge in [-0.05, 0) is 44.0 Å². The number of nitrogens with one attached hydrogen (secondary N) is 1. The zero-order valence-electron chi connectivity index (χ0n) is 14.2. The van der Waals surface area contributed by atoms with Crippen molar-refractivity contribution in [3.8, 4) is 5.75 Å². The molecule has 1 aromatic rings. The first-order valence-corrected chi connectivity index (χ1v) is 8.38. The van der Waals surface area contributed by atoms with Crippen molar-refractivity contribution in [2.24, 2.45) is 5.92 Å². The van der Waals surface area contributed by atoms with Crippen LogP contribution in [0.25, 0.3) is 0 Å². The van der Waals surface area contributed by atoms with Crippen LogP contribution in [0.3, 0.4) is 0 Å². The van der Waals surface area contributed by atoms with Gasteiger partial charge in [-0.25, -0.2) is 0 Å². The average molecular weight is 318 g/mol. The van der Waals surface area contributed by atoms with Crippen molar-refractivity contribution in [3.63, 3.8) is 0 Å². The number of anilines is 1. The van der Waals surface area contributed by atoms with Crippen LogP contribution in [0.1, 0.15) is 40.0 Å². The van der Waals surface area contributed by atoms with E-state index < -0.39 is 0 Å². The number of nitrogens with zero attached hydrogens (tertiary/aromatic N) is 1. The van der Waals surface area contributed by atoms with Crippen molar-refractivity contribution in [1.29, 1.82) is 0 Å². The molecule has 0 saturated carbocycles. The third-order valence-corrected chi connectivity index (χ3v) is 4.12.